The lowest BCUT2D eigenvalue weighted by molar-refractivity contribution is 0.272. The van der Waals surface area contributed by atoms with Crippen LogP contribution in [0.2, 0.25) is 0 Å². The van der Waals surface area contributed by atoms with E-state index in [-0.39, 0.29) is 12.4 Å². The smallest absolute Gasteiger partial charge is 0.240 e. The number of likely N-dealkylation sites (tertiary alicyclic amines) is 1. The Labute approximate surface area is 181 Å². The fourth-order valence-corrected chi connectivity index (χ4v) is 5.04. The third-order valence-corrected chi connectivity index (χ3v) is 7.53. The second kappa shape index (κ2) is 9.61. The van der Waals surface area contributed by atoms with Gasteiger partial charge in [-0.15, -0.1) is 12.4 Å². The van der Waals surface area contributed by atoms with E-state index >= 15 is 0 Å². The summed E-state index contributed by atoms with van der Waals surface area (Å²) in [7, 11) is -3.40. The summed E-state index contributed by atoms with van der Waals surface area (Å²) in [5, 5.41) is 0. The molecular formula is C23H31ClN2O2S. The van der Waals surface area contributed by atoms with E-state index in [9.17, 15) is 8.42 Å². The Morgan fingerprint density at radius 3 is 2.14 bits per heavy atom. The van der Waals surface area contributed by atoms with Gasteiger partial charge in [-0.05, 0) is 80.3 Å². The van der Waals surface area contributed by atoms with E-state index in [1.807, 2.05) is 12.1 Å². The van der Waals surface area contributed by atoms with Crippen molar-refractivity contribution in [3.8, 4) is 11.1 Å². The van der Waals surface area contributed by atoms with Gasteiger partial charge < -0.3 is 4.90 Å². The van der Waals surface area contributed by atoms with Crippen LogP contribution in [0.3, 0.4) is 0 Å². The minimum absolute atomic E-state index is 0. The summed E-state index contributed by atoms with van der Waals surface area (Å²) >= 11 is 0. The van der Waals surface area contributed by atoms with Crippen LogP contribution < -0.4 is 4.72 Å². The van der Waals surface area contributed by atoms with Crippen LogP contribution in [0.1, 0.15) is 38.2 Å². The SMILES string of the molecule is C[C@@H]1CCCN1CCc1ccc(-c2ccc(S(=O)(=O)NCC3CC3)cc2)cc1.Cl. The van der Waals surface area contributed by atoms with Crippen molar-refractivity contribution in [2.75, 3.05) is 19.6 Å². The molecule has 0 unspecified atom stereocenters. The van der Waals surface area contributed by atoms with Crippen molar-refractivity contribution in [3.63, 3.8) is 0 Å². The van der Waals surface area contributed by atoms with Crippen molar-refractivity contribution in [1.29, 1.82) is 0 Å². The number of nitrogens with zero attached hydrogens (tertiary/aromatic N) is 1. The zero-order valence-electron chi connectivity index (χ0n) is 17.0. The van der Waals surface area contributed by atoms with Gasteiger partial charge in [0.15, 0.2) is 0 Å². The van der Waals surface area contributed by atoms with Crippen molar-refractivity contribution >= 4 is 22.4 Å². The first-order valence-corrected chi connectivity index (χ1v) is 11.9. The minimum Gasteiger partial charge on any atom is -0.300 e. The maximum Gasteiger partial charge on any atom is 0.240 e. The standard InChI is InChI=1S/C23H30N2O2S.ClH/c1-18-3-2-15-25(18)16-14-19-6-8-21(9-7-19)22-10-12-23(13-11-22)28(26,27)24-17-20-4-5-20;/h6-13,18,20,24H,2-5,14-17H2,1H3;1H/t18-;/m1./s1. The highest BCUT2D eigenvalue weighted by atomic mass is 35.5. The first-order chi connectivity index (χ1) is 13.5. The van der Waals surface area contributed by atoms with Crippen LogP contribution in [0.25, 0.3) is 11.1 Å². The van der Waals surface area contributed by atoms with E-state index in [0.717, 1.165) is 36.9 Å². The Morgan fingerprint density at radius 1 is 0.966 bits per heavy atom. The normalized spacial score (nSPS) is 19.8. The van der Waals surface area contributed by atoms with E-state index in [2.05, 4.69) is 40.8 Å². The van der Waals surface area contributed by atoms with Gasteiger partial charge in [-0.3, -0.25) is 0 Å². The van der Waals surface area contributed by atoms with Crippen LogP contribution >= 0.6 is 12.4 Å². The monoisotopic (exact) mass is 434 g/mol. The molecule has 1 aliphatic heterocycles. The minimum atomic E-state index is -3.40. The molecule has 0 bridgehead atoms. The molecule has 29 heavy (non-hydrogen) atoms. The number of hydrogen-bond donors (Lipinski definition) is 1. The Balaban J connectivity index is 0.00000240. The van der Waals surface area contributed by atoms with Gasteiger partial charge in [-0.2, -0.15) is 0 Å². The molecule has 1 atom stereocenters. The van der Waals surface area contributed by atoms with E-state index in [1.165, 1.54) is 24.9 Å². The molecule has 2 aromatic carbocycles. The molecule has 4 rings (SSSR count). The fraction of sp³-hybridized carbons (Fsp3) is 0.478. The molecule has 1 N–H and O–H groups in total. The summed E-state index contributed by atoms with van der Waals surface area (Å²) < 4.78 is 27.4. The van der Waals surface area contributed by atoms with Crippen molar-refractivity contribution < 1.29 is 8.42 Å². The second-order valence-corrected chi connectivity index (χ2v) is 10.1. The molecule has 0 aromatic heterocycles. The molecule has 0 amide bonds. The molecule has 0 spiro atoms. The van der Waals surface area contributed by atoms with Crippen LogP contribution in [0.5, 0.6) is 0 Å². The number of hydrogen-bond acceptors (Lipinski definition) is 3. The van der Waals surface area contributed by atoms with E-state index in [1.54, 1.807) is 12.1 Å². The van der Waals surface area contributed by atoms with Gasteiger partial charge >= 0.3 is 0 Å². The number of benzene rings is 2. The summed E-state index contributed by atoms with van der Waals surface area (Å²) in [4.78, 5) is 2.91. The Hall–Kier alpha value is -1.40. The van der Waals surface area contributed by atoms with Crippen molar-refractivity contribution in [2.24, 2.45) is 5.92 Å². The predicted octanol–water partition coefficient (Wildman–Crippen LogP) is 4.49. The topological polar surface area (TPSA) is 49.4 Å². The van der Waals surface area contributed by atoms with Crippen molar-refractivity contribution in [3.05, 3.63) is 54.1 Å². The number of halogens is 1. The predicted molar refractivity (Wildman–Crippen MR) is 121 cm³/mol. The van der Waals surface area contributed by atoms with E-state index < -0.39 is 10.0 Å². The molecule has 2 aliphatic rings. The molecule has 6 heteroatoms. The third-order valence-electron chi connectivity index (χ3n) is 6.09. The van der Waals surface area contributed by atoms with Gasteiger partial charge in [0.1, 0.15) is 0 Å². The van der Waals surface area contributed by atoms with Crippen LogP contribution in [-0.4, -0.2) is 39.0 Å². The zero-order valence-corrected chi connectivity index (χ0v) is 18.6. The first-order valence-electron chi connectivity index (χ1n) is 10.4. The highest BCUT2D eigenvalue weighted by Crippen LogP contribution is 2.28. The van der Waals surface area contributed by atoms with Crippen LogP contribution in [0, 0.1) is 5.92 Å². The third kappa shape index (κ3) is 5.82. The first kappa shape index (κ1) is 22.3. The van der Waals surface area contributed by atoms with Gasteiger partial charge in [0.2, 0.25) is 10.0 Å². The lowest BCUT2D eigenvalue weighted by atomic mass is 10.0. The molecule has 0 radical (unpaired) electrons. The molecule has 1 heterocycles. The maximum absolute atomic E-state index is 12.3. The Morgan fingerprint density at radius 2 is 1.59 bits per heavy atom. The average Bonchev–Trinajstić information content (AvgIpc) is 3.46. The van der Waals surface area contributed by atoms with Crippen LogP contribution in [0.4, 0.5) is 0 Å². The van der Waals surface area contributed by atoms with E-state index in [4.69, 9.17) is 0 Å². The Kier molecular flexibility index (Phi) is 7.38. The van der Waals surface area contributed by atoms with Gasteiger partial charge in [-0.25, -0.2) is 13.1 Å². The number of nitrogens with one attached hydrogen (secondary N) is 1. The van der Waals surface area contributed by atoms with Gasteiger partial charge in [0, 0.05) is 19.1 Å². The largest absolute Gasteiger partial charge is 0.300 e. The fourth-order valence-electron chi connectivity index (χ4n) is 3.92. The quantitative estimate of drug-likeness (QED) is 0.665. The molecule has 4 nitrogen and oxygen atoms in total. The van der Waals surface area contributed by atoms with Crippen molar-refractivity contribution in [1.82, 2.24) is 9.62 Å². The molecule has 2 fully saturated rings. The highest BCUT2D eigenvalue weighted by Gasteiger charge is 2.24. The van der Waals surface area contributed by atoms with Crippen molar-refractivity contribution in [2.45, 2.75) is 50.0 Å². The van der Waals surface area contributed by atoms with Gasteiger partial charge in [0.05, 0.1) is 4.90 Å². The van der Waals surface area contributed by atoms with Crippen LogP contribution in [0.15, 0.2) is 53.4 Å². The van der Waals surface area contributed by atoms with E-state index in [0.29, 0.717) is 23.4 Å². The molecule has 1 aliphatic carbocycles. The Bertz CT molecular complexity index is 893. The highest BCUT2D eigenvalue weighted by molar-refractivity contribution is 7.89. The summed E-state index contributed by atoms with van der Waals surface area (Å²) in [5.74, 6) is 0.529. The van der Waals surface area contributed by atoms with Gasteiger partial charge in [0.25, 0.3) is 0 Å². The summed E-state index contributed by atoms with van der Waals surface area (Å²) in [6.45, 7) is 5.23. The number of sulfonamides is 1. The van der Waals surface area contributed by atoms with Gasteiger partial charge in [-0.1, -0.05) is 36.4 Å². The molecule has 1 saturated carbocycles. The summed E-state index contributed by atoms with van der Waals surface area (Å²) in [6, 6.07) is 16.6. The molecule has 2 aromatic rings. The number of rotatable bonds is 8. The maximum atomic E-state index is 12.3. The zero-order chi connectivity index (χ0) is 19.6. The lowest BCUT2D eigenvalue weighted by Gasteiger charge is -2.20. The summed E-state index contributed by atoms with van der Waals surface area (Å²) in [5.41, 5.74) is 3.51. The average molecular weight is 435 g/mol. The molecule has 1 saturated heterocycles. The molecule has 158 valence electrons. The lowest BCUT2D eigenvalue weighted by Crippen LogP contribution is -2.28. The molecular weight excluding hydrogens is 404 g/mol. The summed E-state index contributed by atoms with van der Waals surface area (Å²) in [6.07, 6.45) is 5.99. The second-order valence-electron chi connectivity index (χ2n) is 8.29. The van der Waals surface area contributed by atoms with Crippen LogP contribution in [-0.2, 0) is 16.4 Å².